The van der Waals surface area contributed by atoms with Crippen LogP contribution in [0.3, 0.4) is 0 Å². The molecule has 1 heterocycles. The van der Waals surface area contributed by atoms with Crippen LogP contribution in [0.2, 0.25) is 0 Å². The van der Waals surface area contributed by atoms with Gasteiger partial charge in [-0.25, -0.2) is 13.4 Å². The van der Waals surface area contributed by atoms with E-state index in [-0.39, 0.29) is 27.1 Å². The normalized spacial score (nSPS) is 11.5. The average Bonchev–Trinajstić information content (AvgIpc) is 3.20. The second kappa shape index (κ2) is 11.3. The minimum atomic E-state index is -6.09. The summed E-state index contributed by atoms with van der Waals surface area (Å²) in [6.07, 6.45) is 0. The number of aromatic nitrogens is 1. The van der Waals surface area contributed by atoms with Crippen molar-refractivity contribution >= 4 is 42.7 Å². The van der Waals surface area contributed by atoms with Gasteiger partial charge in [0.15, 0.2) is 22.4 Å². The molecule has 4 rings (SSSR count). The monoisotopic (exact) mass is 636 g/mol. The van der Waals surface area contributed by atoms with Gasteiger partial charge in [0.2, 0.25) is 0 Å². The first-order valence-electron chi connectivity index (χ1n) is 9.54. The zero-order valence-corrected chi connectivity index (χ0v) is 21.5. The molecule has 3 aromatic carbocycles. The SMILES string of the molecule is COc1ccc2nc(NC(=O)c3ccc([I+]c4ccccc4)cc3)sc2c1.O=S(=O)([O-])C(F)(F)F. The van der Waals surface area contributed by atoms with E-state index in [4.69, 9.17) is 17.7 Å². The first-order chi connectivity index (χ1) is 16.5. The number of hydrogen-bond acceptors (Lipinski definition) is 7. The lowest BCUT2D eigenvalue weighted by atomic mass is 10.2. The lowest BCUT2D eigenvalue weighted by Crippen LogP contribution is -3.61. The largest absolute Gasteiger partial charge is 0.741 e. The number of amides is 1. The highest BCUT2D eigenvalue weighted by molar-refractivity contribution is 7.86. The third kappa shape index (κ3) is 7.62. The molecule has 0 fully saturated rings. The second-order valence-electron chi connectivity index (χ2n) is 6.60. The van der Waals surface area contributed by atoms with Gasteiger partial charge in [-0.05, 0) is 54.6 Å². The van der Waals surface area contributed by atoms with Crippen molar-refractivity contribution in [2.45, 2.75) is 5.51 Å². The van der Waals surface area contributed by atoms with Gasteiger partial charge in [0.1, 0.15) is 5.75 Å². The summed E-state index contributed by atoms with van der Waals surface area (Å²) in [4.78, 5) is 17.0. The van der Waals surface area contributed by atoms with Crippen molar-refractivity contribution in [3.8, 4) is 5.75 Å². The number of halogens is 4. The van der Waals surface area contributed by atoms with Gasteiger partial charge in [-0.3, -0.25) is 10.1 Å². The number of rotatable bonds is 5. The lowest BCUT2D eigenvalue weighted by molar-refractivity contribution is -0.597. The Morgan fingerprint density at radius 2 is 1.63 bits per heavy atom. The molecule has 35 heavy (non-hydrogen) atoms. The molecule has 13 heteroatoms. The van der Waals surface area contributed by atoms with Crippen LogP contribution in [0.15, 0.2) is 72.8 Å². The van der Waals surface area contributed by atoms with E-state index in [1.165, 1.54) is 18.5 Å². The topological polar surface area (TPSA) is 108 Å². The van der Waals surface area contributed by atoms with Crippen LogP contribution in [0.25, 0.3) is 10.2 Å². The van der Waals surface area contributed by atoms with Crippen molar-refractivity contribution in [1.82, 2.24) is 4.98 Å². The minimum Gasteiger partial charge on any atom is -0.741 e. The van der Waals surface area contributed by atoms with Crippen molar-refractivity contribution in [3.63, 3.8) is 0 Å². The number of anilines is 1. The highest BCUT2D eigenvalue weighted by Gasteiger charge is 2.36. The van der Waals surface area contributed by atoms with Crippen molar-refractivity contribution in [3.05, 3.63) is 85.5 Å². The number of alkyl halides is 3. The molecule has 0 spiro atoms. The van der Waals surface area contributed by atoms with Crippen molar-refractivity contribution < 1.29 is 56.9 Å². The Morgan fingerprint density at radius 3 is 2.20 bits per heavy atom. The van der Waals surface area contributed by atoms with Crippen LogP contribution in [-0.4, -0.2) is 36.5 Å². The number of fused-ring (bicyclic) bond motifs is 1. The number of carbonyl (C=O) groups is 1. The fraction of sp³-hybridized carbons (Fsp3) is 0.0909. The summed E-state index contributed by atoms with van der Waals surface area (Å²) >= 11 is 1.21. The number of ether oxygens (including phenoxy) is 1. The van der Waals surface area contributed by atoms with Gasteiger partial charge in [-0.1, -0.05) is 29.5 Å². The molecule has 0 unspecified atom stereocenters. The summed E-state index contributed by atoms with van der Waals surface area (Å²) < 4.78 is 67.8. The van der Waals surface area contributed by atoms with Gasteiger partial charge in [0.05, 0.1) is 17.3 Å². The summed E-state index contributed by atoms with van der Waals surface area (Å²) in [5.74, 6) is 0.631. The zero-order chi connectivity index (χ0) is 25.6. The van der Waals surface area contributed by atoms with Gasteiger partial charge in [0, 0.05) is 5.56 Å². The van der Waals surface area contributed by atoms with Crippen LogP contribution in [0.1, 0.15) is 10.4 Å². The number of thiazole rings is 1. The Bertz CT molecular complexity index is 1410. The van der Waals surface area contributed by atoms with E-state index in [1.54, 1.807) is 7.11 Å². The molecule has 1 N–H and O–H groups in total. The Hall–Kier alpha value is -2.75. The van der Waals surface area contributed by atoms with Crippen LogP contribution in [0.5, 0.6) is 5.75 Å². The molecule has 1 aromatic heterocycles. The molecule has 0 saturated carbocycles. The fourth-order valence-electron chi connectivity index (χ4n) is 2.52. The summed E-state index contributed by atoms with van der Waals surface area (Å²) in [5.41, 5.74) is -4.17. The molecule has 4 aromatic rings. The van der Waals surface area contributed by atoms with E-state index >= 15 is 0 Å². The maximum absolute atomic E-state index is 12.5. The smallest absolute Gasteiger partial charge is 0.485 e. The van der Waals surface area contributed by atoms with Crippen LogP contribution in [-0.2, 0) is 10.1 Å². The molecule has 0 aliphatic carbocycles. The van der Waals surface area contributed by atoms with E-state index < -0.39 is 15.6 Å². The van der Waals surface area contributed by atoms with E-state index in [1.807, 2.05) is 48.5 Å². The van der Waals surface area contributed by atoms with Gasteiger partial charge < -0.3 is 9.29 Å². The molecule has 0 aliphatic heterocycles. The van der Waals surface area contributed by atoms with Crippen molar-refractivity contribution in [2.75, 3.05) is 12.4 Å². The molecule has 1 amide bonds. The second-order valence-corrected chi connectivity index (χ2v) is 12.0. The minimum absolute atomic E-state index is 0.148. The first-order valence-corrected chi connectivity index (χ1v) is 13.9. The summed E-state index contributed by atoms with van der Waals surface area (Å²) in [7, 11) is -4.46. The van der Waals surface area contributed by atoms with Crippen molar-refractivity contribution in [2.24, 2.45) is 0 Å². The summed E-state index contributed by atoms with van der Waals surface area (Å²) in [5, 5.41) is 3.48. The lowest BCUT2D eigenvalue weighted by Gasteiger charge is -2.08. The molecule has 7 nitrogen and oxygen atoms in total. The van der Waals surface area contributed by atoms with Crippen LogP contribution >= 0.6 is 11.3 Å². The predicted molar refractivity (Wildman–Crippen MR) is 120 cm³/mol. The summed E-state index contributed by atoms with van der Waals surface area (Å²) in [6.45, 7) is 0. The van der Waals surface area contributed by atoms with E-state index in [9.17, 15) is 18.0 Å². The van der Waals surface area contributed by atoms with Crippen LogP contribution < -0.4 is 31.3 Å². The Morgan fingerprint density at radius 1 is 1.03 bits per heavy atom. The number of hydrogen-bond donors (Lipinski definition) is 1. The third-order valence-electron chi connectivity index (χ3n) is 4.16. The van der Waals surface area contributed by atoms with Gasteiger partial charge >= 0.3 is 26.7 Å². The third-order valence-corrected chi connectivity index (χ3v) is 8.34. The number of nitrogens with zero attached hydrogens (tertiary/aromatic N) is 1. The first kappa shape index (κ1) is 26.8. The highest BCUT2D eigenvalue weighted by Crippen LogP contribution is 2.29. The van der Waals surface area contributed by atoms with Gasteiger partial charge in [-0.15, -0.1) is 0 Å². The molecule has 0 radical (unpaired) electrons. The van der Waals surface area contributed by atoms with E-state index in [0.29, 0.717) is 10.7 Å². The quantitative estimate of drug-likeness (QED) is 0.203. The highest BCUT2D eigenvalue weighted by atomic mass is 127. The fourth-order valence-corrected chi connectivity index (χ4v) is 5.63. The maximum atomic E-state index is 12.5. The molecule has 184 valence electrons. The Labute approximate surface area is 213 Å². The van der Waals surface area contributed by atoms with Crippen LogP contribution in [0.4, 0.5) is 18.3 Å². The molecular weight excluding hydrogens is 620 g/mol. The van der Waals surface area contributed by atoms with Gasteiger partial charge in [-0.2, -0.15) is 13.2 Å². The molecule has 0 bridgehead atoms. The zero-order valence-electron chi connectivity index (χ0n) is 17.7. The van der Waals surface area contributed by atoms with Crippen LogP contribution in [0, 0.1) is 7.14 Å². The Balaban J connectivity index is 0.000000371. The molecule has 0 saturated heterocycles. The molecular formula is C22H16F3IN2O5S2. The summed E-state index contributed by atoms with van der Waals surface area (Å²) in [6, 6.07) is 24.0. The predicted octanol–water partition coefficient (Wildman–Crippen LogP) is 1.74. The maximum Gasteiger partial charge on any atom is 0.485 e. The van der Waals surface area contributed by atoms with E-state index in [2.05, 4.69) is 34.6 Å². The van der Waals surface area contributed by atoms with Gasteiger partial charge in [0.25, 0.3) is 5.91 Å². The molecule has 0 aliphatic rings. The number of benzene rings is 3. The van der Waals surface area contributed by atoms with Crippen molar-refractivity contribution in [1.29, 1.82) is 0 Å². The standard InChI is InChI=1S/C21H15IN2O2S.CHF3O3S/c1-26-17-11-12-18-19(13-17)27-21(23-18)24-20(25)14-7-9-16(10-8-14)22-15-5-3-2-4-6-15;2-1(3,4)8(5,6)7/h2-13H,1H3;(H,5,6,7). The van der Waals surface area contributed by atoms with E-state index in [0.717, 1.165) is 16.0 Å². The Kier molecular flexibility index (Phi) is 8.69. The number of nitrogens with one attached hydrogen (secondary N) is 1. The number of carbonyl (C=O) groups excluding carboxylic acids is 1. The molecule has 0 atom stereocenters. The number of methoxy groups -OCH3 is 1. The average molecular weight is 636 g/mol.